The van der Waals surface area contributed by atoms with E-state index in [4.69, 9.17) is 14.2 Å². The van der Waals surface area contributed by atoms with Crippen molar-refractivity contribution in [1.29, 1.82) is 0 Å². The molecule has 0 aromatic heterocycles. The Morgan fingerprint density at radius 3 is 2.06 bits per heavy atom. The van der Waals surface area contributed by atoms with Gasteiger partial charge < -0.3 is 14.2 Å². The fourth-order valence-electron chi connectivity index (χ4n) is 1.56. The molecule has 0 radical (unpaired) electrons. The van der Waals surface area contributed by atoms with E-state index in [9.17, 15) is 0 Å². The SMILES string of the molecule is CC1OC1(C)COC(C)(C)C1(Br)OC1(Br)Br. The Bertz CT molecular complexity index is 320. The van der Waals surface area contributed by atoms with E-state index < -0.39 is 13.5 Å². The van der Waals surface area contributed by atoms with E-state index in [-0.39, 0.29) is 11.7 Å². The van der Waals surface area contributed by atoms with Crippen LogP contribution in [0.5, 0.6) is 0 Å². The van der Waals surface area contributed by atoms with Crippen LogP contribution in [0.1, 0.15) is 27.7 Å². The molecule has 2 heterocycles. The quantitative estimate of drug-likeness (QED) is 0.513. The van der Waals surface area contributed by atoms with Crippen molar-refractivity contribution in [2.24, 2.45) is 0 Å². The highest BCUT2D eigenvalue weighted by molar-refractivity contribution is 9.26. The summed E-state index contributed by atoms with van der Waals surface area (Å²) < 4.78 is 15.9. The second-order valence-electron chi connectivity index (χ2n) is 5.09. The molecule has 0 N–H and O–H groups in total. The molecule has 3 unspecified atom stereocenters. The van der Waals surface area contributed by atoms with E-state index in [0.717, 1.165) is 0 Å². The highest BCUT2D eigenvalue weighted by Crippen LogP contribution is 2.67. The van der Waals surface area contributed by atoms with Crippen LogP contribution in [0.25, 0.3) is 0 Å². The normalized spacial score (nSPS) is 45.6. The zero-order valence-electron chi connectivity index (χ0n) is 9.64. The molecule has 2 aliphatic rings. The number of ether oxygens (including phenoxy) is 3. The first-order chi connectivity index (χ1) is 7.04. The molecule has 3 atom stereocenters. The molecule has 94 valence electrons. The second kappa shape index (κ2) is 3.67. The summed E-state index contributed by atoms with van der Waals surface area (Å²) in [5.74, 6) is 0. The molecule has 2 rings (SSSR count). The van der Waals surface area contributed by atoms with Gasteiger partial charge in [-0.1, -0.05) is 0 Å². The molecule has 2 saturated heterocycles. The van der Waals surface area contributed by atoms with Crippen molar-refractivity contribution in [3.8, 4) is 0 Å². The van der Waals surface area contributed by atoms with Gasteiger partial charge in [0.2, 0.25) is 7.93 Å². The topological polar surface area (TPSA) is 34.3 Å². The lowest BCUT2D eigenvalue weighted by Gasteiger charge is -2.29. The minimum absolute atomic E-state index is 0.142. The Morgan fingerprint density at radius 1 is 1.31 bits per heavy atom. The highest BCUT2D eigenvalue weighted by atomic mass is 79.9. The third-order valence-electron chi connectivity index (χ3n) is 3.34. The third kappa shape index (κ3) is 2.03. The van der Waals surface area contributed by atoms with Gasteiger partial charge in [0.25, 0.3) is 0 Å². The summed E-state index contributed by atoms with van der Waals surface area (Å²) in [6, 6.07) is 0. The van der Waals surface area contributed by atoms with Crippen molar-refractivity contribution in [3.05, 3.63) is 0 Å². The van der Waals surface area contributed by atoms with Crippen LogP contribution in [0.15, 0.2) is 0 Å². The first kappa shape index (κ1) is 13.7. The summed E-state index contributed by atoms with van der Waals surface area (Å²) >= 11 is 10.4. The molecule has 0 amide bonds. The van der Waals surface area contributed by atoms with Crippen molar-refractivity contribution in [2.75, 3.05) is 6.61 Å². The van der Waals surface area contributed by atoms with Crippen molar-refractivity contribution in [2.45, 2.75) is 52.9 Å². The Kier molecular flexibility index (Phi) is 3.15. The summed E-state index contributed by atoms with van der Waals surface area (Å²) in [6.07, 6.45) is 0.271. The van der Waals surface area contributed by atoms with Crippen molar-refractivity contribution in [3.63, 3.8) is 0 Å². The second-order valence-corrected chi connectivity index (χ2v) is 9.50. The largest absolute Gasteiger partial charge is 0.368 e. The van der Waals surface area contributed by atoms with Gasteiger partial charge in [-0.2, -0.15) is 0 Å². The maximum Gasteiger partial charge on any atom is 0.221 e. The first-order valence-electron chi connectivity index (χ1n) is 5.13. The molecule has 0 bridgehead atoms. The molecule has 16 heavy (non-hydrogen) atoms. The van der Waals surface area contributed by atoms with E-state index in [2.05, 4.69) is 54.7 Å². The average molecular weight is 423 g/mol. The number of rotatable bonds is 4. The van der Waals surface area contributed by atoms with E-state index in [1.807, 2.05) is 20.8 Å². The van der Waals surface area contributed by atoms with Crippen LogP contribution in [0.3, 0.4) is 0 Å². The number of hydrogen-bond acceptors (Lipinski definition) is 3. The van der Waals surface area contributed by atoms with Gasteiger partial charge in [-0.15, -0.1) is 0 Å². The van der Waals surface area contributed by atoms with Gasteiger partial charge in [0, 0.05) is 0 Å². The lowest BCUT2D eigenvalue weighted by molar-refractivity contribution is -0.0621. The first-order valence-corrected chi connectivity index (χ1v) is 7.51. The van der Waals surface area contributed by atoms with Gasteiger partial charge in [0.05, 0.1) is 12.7 Å². The minimum atomic E-state index is -0.554. The Balaban J connectivity index is 1.94. The summed E-state index contributed by atoms with van der Waals surface area (Å²) in [6.45, 7) is 8.64. The summed E-state index contributed by atoms with van der Waals surface area (Å²) in [7, 11) is 0. The van der Waals surface area contributed by atoms with Crippen LogP contribution < -0.4 is 0 Å². The van der Waals surface area contributed by atoms with Gasteiger partial charge in [0.1, 0.15) is 11.2 Å². The van der Waals surface area contributed by atoms with Crippen LogP contribution in [0.2, 0.25) is 0 Å². The van der Waals surface area contributed by atoms with Gasteiger partial charge in [-0.3, -0.25) is 0 Å². The third-order valence-corrected chi connectivity index (χ3v) is 7.52. The fourth-order valence-corrected chi connectivity index (χ4v) is 3.79. The van der Waals surface area contributed by atoms with Gasteiger partial charge in [0.15, 0.2) is 0 Å². The maximum atomic E-state index is 5.93. The van der Waals surface area contributed by atoms with E-state index in [1.165, 1.54) is 0 Å². The molecule has 2 fully saturated rings. The number of hydrogen-bond donors (Lipinski definition) is 0. The maximum absolute atomic E-state index is 5.93. The molecule has 0 aromatic carbocycles. The molecular formula is C10H15Br3O3. The van der Waals surface area contributed by atoms with Crippen molar-refractivity contribution in [1.82, 2.24) is 0 Å². The van der Waals surface area contributed by atoms with E-state index in [0.29, 0.717) is 6.61 Å². The van der Waals surface area contributed by atoms with E-state index >= 15 is 0 Å². The average Bonchev–Trinajstić information content (AvgIpc) is 2.87. The molecule has 0 saturated carbocycles. The van der Waals surface area contributed by atoms with Gasteiger partial charge in [-0.05, 0) is 75.5 Å². The van der Waals surface area contributed by atoms with Crippen LogP contribution in [0.4, 0.5) is 0 Å². The molecule has 3 nitrogen and oxygen atoms in total. The van der Waals surface area contributed by atoms with Crippen LogP contribution >= 0.6 is 47.8 Å². The number of alkyl halides is 3. The summed E-state index contributed by atoms with van der Waals surface area (Å²) in [4.78, 5) is 0. The Hall–Kier alpha value is 1.32. The molecule has 0 spiro atoms. The molecule has 2 aliphatic heterocycles. The van der Waals surface area contributed by atoms with Crippen LogP contribution in [-0.4, -0.2) is 31.8 Å². The molecule has 0 aromatic rings. The highest BCUT2D eigenvalue weighted by Gasteiger charge is 2.75. The lowest BCUT2D eigenvalue weighted by Crippen LogP contribution is -2.42. The van der Waals surface area contributed by atoms with Crippen LogP contribution in [-0.2, 0) is 14.2 Å². The van der Waals surface area contributed by atoms with Gasteiger partial charge in [-0.25, -0.2) is 0 Å². The lowest BCUT2D eigenvalue weighted by atomic mass is 10.0. The standard InChI is InChI=1S/C10H15Br3O3/c1-6-8(4,15-6)5-14-7(2,3)9(11)10(12,13)16-9/h6H,5H2,1-4H3. The zero-order valence-corrected chi connectivity index (χ0v) is 14.4. The summed E-state index contributed by atoms with van der Waals surface area (Å²) in [5, 5.41) is 0. The number of epoxide rings is 2. The molecule has 0 aliphatic carbocycles. The molecule has 6 heteroatoms. The number of halogens is 3. The van der Waals surface area contributed by atoms with Gasteiger partial charge >= 0.3 is 0 Å². The predicted octanol–water partition coefficient (Wildman–Crippen LogP) is 3.52. The Labute approximate surface area is 121 Å². The van der Waals surface area contributed by atoms with Crippen molar-refractivity contribution >= 4 is 47.8 Å². The monoisotopic (exact) mass is 420 g/mol. The zero-order chi connectivity index (χ0) is 12.4. The fraction of sp³-hybridized carbons (Fsp3) is 1.00. The smallest absolute Gasteiger partial charge is 0.221 e. The minimum Gasteiger partial charge on any atom is -0.368 e. The van der Waals surface area contributed by atoms with E-state index in [1.54, 1.807) is 0 Å². The molecular weight excluding hydrogens is 408 g/mol. The summed E-state index contributed by atoms with van der Waals surface area (Å²) in [5.41, 5.74) is -0.606. The Morgan fingerprint density at radius 2 is 1.75 bits per heavy atom. The van der Waals surface area contributed by atoms with Crippen molar-refractivity contribution < 1.29 is 14.2 Å². The predicted molar refractivity (Wildman–Crippen MR) is 72.3 cm³/mol. The van der Waals surface area contributed by atoms with Crippen LogP contribution in [0, 0.1) is 0 Å².